The third-order valence-corrected chi connectivity index (χ3v) is 6.18. The lowest BCUT2D eigenvalue weighted by atomic mass is 10.1. The van der Waals surface area contributed by atoms with E-state index < -0.39 is 124 Å². The Morgan fingerprint density at radius 3 is 0.891 bits per heavy atom. The van der Waals surface area contributed by atoms with E-state index in [1.165, 1.54) is 4.90 Å². The van der Waals surface area contributed by atoms with Gasteiger partial charge in [0.25, 0.3) is 17.7 Å². The second kappa shape index (κ2) is 15.0. The molecule has 3 aromatic carbocycles. The van der Waals surface area contributed by atoms with E-state index in [1.54, 1.807) is 0 Å². The molecule has 0 saturated heterocycles. The van der Waals surface area contributed by atoms with Gasteiger partial charge >= 0.3 is 0 Å². The van der Waals surface area contributed by atoms with Crippen molar-refractivity contribution in [3.05, 3.63) is 105 Å². The van der Waals surface area contributed by atoms with Gasteiger partial charge in [-0.05, 0) is 18.2 Å². The molecule has 0 saturated carbocycles. The average molecular weight is 674 g/mol. The number of hydrogen-bond donors (Lipinski definition) is 3. The number of carbonyl (C=O) groups is 3. The lowest BCUT2D eigenvalue weighted by Gasteiger charge is -2.23. The lowest BCUT2D eigenvalue weighted by Crippen LogP contribution is -2.43. The van der Waals surface area contributed by atoms with Crippen molar-refractivity contribution in [1.29, 1.82) is 0 Å². The SMILES string of the molecule is O=C(NCCN(CCNC(=O)c1cc(F)c(F)c(F)c1F)CCNC(=O)c1cc(F)c(F)c(F)c1F)c1cc(F)c(F)c(F)c1F. The average Bonchev–Trinajstić information content (AvgIpc) is 3.02. The largest absolute Gasteiger partial charge is 0.351 e. The van der Waals surface area contributed by atoms with Crippen LogP contribution in [0.1, 0.15) is 31.1 Å². The molecular weight excluding hydrogens is 656 g/mol. The summed E-state index contributed by atoms with van der Waals surface area (Å²) in [5.74, 6) is -29.1. The molecule has 0 heterocycles. The fourth-order valence-electron chi connectivity index (χ4n) is 3.82. The Hall–Kier alpha value is -4.81. The fourth-order valence-corrected chi connectivity index (χ4v) is 3.82. The highest BCUT2D eigenvalue weighted by molar-refractivity contribution is 5.95. The third-order valence-electron chi connectivity index (χ3n) is 6.18. The Morgan fingerprint density at radius 2 is 0.652 bits per heavy atom. The number of rotatable bonds is 12. The van der Waals surface area contributed by atoms with Gasteiger partial charge in [0.2, 0.25) is 0 Å². The normalized spacial score (nSPS) is 11.2. The van der Waals surface area contributed by atoms with Gasteiger partial charge in [-0.15, -0.1) is 0 Å². The predicted molar refractivity (Wildman–Crippen MR) is 132 cm³/mol. The summed E-state index contributed by atoms with van der Waals surface area (Å²) in [7, 11) is 0. The van der Waals surface area contributed by atoms with Gasteiger partial charge in [-0.1, -0.05) is 0 Å². The van der Waals surface area contributed by atoms with Crippen LogP contribution in [0.4, 0.5) is 52.7 Å². The molecular formula is C27H18F12N4O3. The molecule has 0 aromatic heterocycles. The quantitative estimate of drug-likeness (QED) is 0.152. The van der Waals surface area contributed by atoms with Crippen LogP contribution in [0.3, 0.4) is 0 Å². The lowest BCUT2D eigenvalue weighted by molar-refractivity contribution is 0.0942. The monoisotopic (exact) mass is 674 g/mol. The van der Waals surface area contributed by atoms with Crippen LogP contribution in [0.2, 0.25) is 0 Å². The molecule has 3 amide bonds. The highest BCUT2D eigenvalue weighted by Crippen LogP contribution is 2.21. The van der Waals surface area contributed by atoms with E-state index >= 15 is 0 Å². The van der Waals surface area contributed by atoms with Crippen molar-refractivity contribution < 1.29 is 67.1 Å². The highest BCUT2D eigenvalue weighted by atomic mass is 19.2. The maximum atomic E-state index is 13.9. The molecule has 0 spiro atoms. The first kappa shape index (κ1) is 35.7. The van der Waals surface area contributed by atoms with Crippen LogP contribution < -0.4 is 16.0 Å². The van der Waals surface area contributed by atoms with Crippen LogP contribution in [0, 0.1) is 69.8 Å². The first-order chi connectivity index (χ1) is 21.6. The Morgan fingerprint density at radius 1 is 0.413 bits per heavy atom. The van der Waals surface area contributed by atoms with E-state index in [1.807, 2.05) is 0 Å². The van der Waals surface area contributed by atoms with Crippen molar-refractivity contribution in [3.63, 3.8) is 0 Å². The minimum absolute atomic E-state index is 0.0897. The summed E-state index contributed by atoms with van der Waals surface area (Å²) in [5.41, 5.74) is -3.61. The molecule has 248 valence electrons. The van der Waals surface area contributed by atoms with Gasteiger partial charge in [0, 0.05) is 39.3 Å². The van der Waals surface area contributed by atoms with Gasteiger partial charge in [0.15, 0.2) is 69.8 Å². The van der Waals surface area contributed by atoms with E-state index in [0.29, 0.717) is 0 Å². The summed E-state index contributed by atoms with van der Waals surface area (Å²) in [6, 6.07) is 0.269. The summed E-state index contributed by atoms with van der Waals surface area (Å²) >= 11 is 0. The summed E-state index contributed by atoms with van der Waals surface area (Å²) < 4.78 is 162. The van der Waals surface area contributed by atoms with Gasteiger partial charge in [-0.2, -0.15) is 0 Å². The number of nitrogens with zero attached hydrogens (tertiary/aromatic N) is 1. The minimum atomic E-state index is -2.26. The zero-order valence-electron chi connectivity index (χ0n) is 22.7. The fraction of sp³-hybridized carbons (Fsp3) is 0.222. The second-order valence-electron chi connectivity index (χ2n) is 9.15. The van der Waals surface area contributed by atoms with Gasteiger partial charge in [-0.3, -0.25) is 19.3 Å². The number of halogens is 12. The Labute approximate surface area is 250 Å². The number of benzene rings is 3. The maximum absolute atomic E-state index is 13.9. The van der Waals surface area contributed by atoms with E-state index in [0.717, 1.165) is 0 Å². The van der Waals surface area contributed by atoms with E-state index in [2.05, 4.69) is 16.0 Å². The molecule has 0 atom stereocenters. The summed E-state index contributed by atoms with van der Waals surface area (Å²) in [6.07, 6.45) is 0. The van der Waals surface area contributed by atoms with Gasteiger partial charge in [0.1, 0.15) is 0 Å². The van der Waals surface area contributed by atoms with E-state index in [-0.39, 0.29) is 37.8 Å². The molecule has 0 fully saturated rings. The molecule has 46 heavy (non-hydrogen) atoms. The number of carbonyl (C=O) groups excluding carboxylic acids is 3. The Balaban J connectivity index is 1.68. The molecule has 0 aliphatic rings. The van der Waals surface area contributed by atoms with Crippen LogP contribution in [-0.4, -0.2) is 61.9 Å². The van der Waals surface area contributed by atoms with Crippen molar-refractivity contribution in [3.8, 4) is 0 Å². The standard InChI is InChI=1S/C27H18F12N4O3/c28-13-7-10(16(31)22(37)19(13)34)25(44)40-1-4-43(5-2-41-26(45)11-8-14(29)20(35)23(38)17(11)32)6-3-42-27(46)12-9-15(30)21(36)24(39)18(12)33/h7-9H,1-6H2,(H,40,44)(H,41,45)(H,42,46). The van der Waals surface area contributed by atoms with Gasteiger partial charge in [0.05, 0.1) is 16.7 Å². The molecule has 19 heteroatoms. The summed E-state index contributed by atoms with van der Waals surface area (Å²) in [4.78, 5) is 37.9. The summed E-state index contributed by atoms with van der Waals surface area (Å²) in [5, 5.41) is 6.17. The molecule has 7 nitrogen and oxygen atoms in total. The minimum Gasteiger partial charge on any atom is -0.351 e. The molecule has 3 N–H and O–H groups in total. The first-order valence-corrected chi connectivity index (χ1v) is 12.6. The van der Waals surface area contributed by atoms with Crippen LogP contribution in [0.5, 0.6) is 0 Å². The van der Waals surface area contributed by atoms with Crippen LogP contribution >= 0.6 is 0 Å². The number of hydrogen-bond acceptors (Lipinski definition) is 4. The Bertz CT molecular complexity index is 1500. The molecule has 0 aliphatic heterocycles. The first-order valence-electron chi connectivity index (χ1n) is 12.6. The van der Waals surface area contributed by atoms with Crippen LogP contribution in [0.25, 0.3) is 0 Å². The Kier molecular flexibility index (Phi) is 11.6. The van der Waals surface area contributed by atoms with Crippen molar-refractivity contribution in [2.75, 3.05) is 39.3 Å². The molecule has 3 rings (SSSR count). The highest BCUT2D eigenvalue weighted by Gasteiger charge is 2.25. The molecule has 0 unspecified atom stereocenters. The van der Waals surface area contributed by atoms with Crippen LogP contribution in [0.15, 0.2) is 18.2 Å². The maximum Gasteiger partial charge on any atom is 0.254 e. The van der Waals surface area contributed by atoms with Crippen molar-refractivity contribution in [1.82, 2.24) is 20.9 Å². The van der Waals surface area contributed by atoms with Gasteiger partial charge < -0.3 is 16.0 Å². The molecule has 0 bridgehead atoms. The topological polar surface area (TPSA) is 90.5 Å². The summed E-state index contributed by atoms with van der Waals surface area (Å²) in [6.45, 7) is -2.29. The molecule has 0 radical (unpaired) electrons. The second-order valence-corrected chi connectivity index (χ2v) is 9.15. The van der Waals surface area contributed by atoms with Crippen molar-refractivity contribution in [2.24, 2.45) is 0 Å². The van der Waals surface area contributed by atoms with E-state index in [9.17, 15) is 67.1 Å². The smallest absolute Gasteiger partial charge is 0.254 e. The van der Waals surface area contributed by atoms with E-state index in [4.69, 9.17) is 0 Å². The molecule has 0 aliphatic carbocycles. The number of amides is 3. The van der Waals surface area contributed by atoms with Crippen LogP contribution in [-0.2, 0) is 0 Å². The third kappa shape index (κ3) is 7.88. The van der Waals surface area contributed by atoms with Crippen molar-refractivity contribution >= 4 is 17.7 Å². The predicted octanol–water partition coefficient (Wildman–Crippen LogP) is 4.25. The van der Waals surface area contributed by atoms with Crippen molar-refractivity contribution in [2.45, 2.75) is 0 Å². The zero-order chi connectivity index (χ0) is 34.5. The zero-order valence-corrected chi connectivity index (χ0v) is 22.7. The molecule has 3 aromatic rings. The van der Waals surface area contributed by atoms with Gasteiger partial charge in [-0.25, -0.2) is 52.7 Å². The number of nitrogens with one attached hydrogen (secondary N) is 3.